The van der Waals surface area contributed by atoms with E-state index >= 15 is 0 Å². The van der Waals surface area contributed by atoms with Gasteiger partial charge in [-0.3, -0.25) is 9.62 Å². The Balaban J connectivity index is 2.11. The van der Waals surface area contributed by atoms with Crippen LogP contribution in [0, 0.1) is 0 Å². The summed E-state index contributed by atoms with van der Waals surface area (Å²) >= 11 is 0. The summed E-state index contributed by atoms with van der Waals surface area (Å²) in [4.78, 5) is 2.22. The Hall–Kier alpha value is -1.89. The van der Waals surface area contributed by atoms with Crippen LogP contribution in [0.3, 0.4) is 0 Å². The maximum absolute atomic E-state index is 12.4. The highest BCUT2D eigenvalue weighted by Crippen LogP contribution is 2.18. The number of nitrogens with zero attached hydrogens (tertiary/aromatic N) is 1. The lowest BCUT2D eigenvalue weighted by atomic mass is 10.1. The molecule has 0 amide bonds. The Kier molecular flexibility index (Phi) is 5.64. The van der Waals surface area contributed by atoms with Crippen molar-refractivity contribution >= 4 is 15.7 Å². The third-order valence-corrected chi connectivity index (χ3v) is 4.74. The quantitative estimate of drug-likeness (QED) is 0.807. The molecule has 24 heavy (non-hydrogen) atoms. The van der Waals surface area contributed by atoms with Gasteiger partial charge in [0.05, 0.1) is 10.5 Å². The van der Waals surface area contributed by atoms with Crippen molar-refractivity contribution in [2.24, 2.45) is 0 Å². The second kappa shape index (κ2) is 7.34. The van der Waals surface area contributed by atoms with Gasteiger partial charge in [0.25, 0.3) is 10.0 Å². The first-order chi connectivity index (χ1) is 11.2. The number of anilines is 1. The van der Waals surface area contributed by atoms with Crippen LogP contribution in [0.5, 0.6) is 0 Å². The maximum Gasteiger partial charge on any atom is 0.261 e. The summed E-state index contributed by atoms with van der Waals surface area (Å²) in [7, 11) is -1.68. The normalized spacial score (nSPS) is 12.4. The molecule has 0 heterocycles. The van der Waals surface area contributed by atoms with Crippen molar-refractivity contribution < 1.29 is 13.5 Å². The first-order valence-electron chi connectivity index (χ1n) is 7.73. The Morgan fingerprint density at radius 3 is 2.38 bits per heavy atom. The second-order valence-corrected chi connectivity index (χ2v) is 8.29. The topological polar surface area (TPSA) is 69.6 Å². The van der Waals surface area contributed by atoms with Gasteiger partial charge in [0.2, 0.25) is 0 Å². The van der Waals surface area contributed by atoms with Crippen LogP contribution in [0.1, 0.15) is 19.4 Å². The van der Waals surface area contributed by atoms with Crippen molar-refractivity contribution in [1.82, 2.24) is 4.90 Å². The molecule has 0 atom stereocenters. The number of nitrogens with one attached hydrogen (secondary N) is 1. The zero-order valence-electron chi connectivity index (χ0n) is 14.2. The molecular formula is C18H24N2O3S. The molecule has 6 heteroatoms. The van der Waals surface area contributed by atoms with Gasteiger partial charge in [-0.2, -0.15) is 0 Å². The lowest BCUT2D eigenvalue weighted by Crippen LogP contribution is -2.35. The van der Waals surface area contributed by atoms with Crippen molar-refractivity contribution in [2.45, 2.75) is 30.9 Å². The SMILES string of the molecule is CN(Cc1cccc(NS(=O)(=O)c2ccccc2)c1)CC(C)(C)O. The molecule has 0 spiro atoms. The molecule has 0 aromatic heterocycles. The molecule has 0 aliphatic heterocycles. The monoisotopic (exact) mass is 348 g/mol. The molecule has 2 rings (SSSR count). The van der Waals surface area contributed by atoms with Gasteiger partial charge in [-0.25, -0.2) is 8.42 Å². The van der Waals surface area contributed by atoms with Crippen molar-refractivity contribution in [3.05, 3.63) is 60.2 Å². The van der Waals surface area contributed by atoms with E-state index in [2.05, 4.69) is 4.72 Å². The average Bonchev–Trinajstić information content (AvgIpc) is 2.46. The number of hydrogen-bond donors (Lipinski definition) is 2. The van der Waals surface area contributed by atoms with Gasteiger partial charge in [-0.05, 0) is 50.7 Å². The van der Waals surface area contributed by atoms with E-state index in [0.717, 1.165) is 5.56 Å². The molecule has 0 saturated heterocycles. The third kappa shape index (κ3) is 5.63. The van der Waals surface area contributed by atoms with Crippen molar-refractivity contribution in [2.75, 3.05) is 18.3 Å². The lowest BCUT2D eigenvalue weighted by molar-refractivity contribution is 0.0425. The minimum absolute atomic E-state index is 0.231. The van der Waals surface area contributed by atoms with Crippen LogP contribution >= 0.6 is 0 Å². The Morgan fingerprint density at radius 1 is 1.08 bits per heavy atom. The fraction of sp³-hybridized carbons (Fsp3) is 0.333. The summed E-state index contributed by atoms with van der Waals surface area (Å²) in [6.45, 7) is 4.65. The van der Waals surface area contributed by atoms with Gasteiger partial charge in [0.15, 0.2) is 0 Å². The van der Waals surface area contributed by atoms with Crippen molar-refractivity contribution in [1.29, 1.82) is 0 Å². The molecule has 0 aliphatic carbocycles. The van der Waals surface area contributed by atoms with Gasteiger partial charge < -0.3 is 5.11 Å². The number of sulfonamides is 1. The summed E-state index contributed by atoms with van der Waals surface area (Å²) in [6.07, 6.45) is 0. The third-order valence-electron chi connectivity index (χ3n) is 3.34. The molecule has 0 radical (unpaired) electrons. The molecule has 2 aromatic rings. The van der Waals surface area contributed by atoms with Crippen LogP contribution in [0.25, 0.3) is 0 Å². The Labute approximate surface area is 144 Å². The zero-order chi connectivity index (χ0) is 17.8. The van der Waals surface area contributed by atoms with E-state index in [0.29, 0.717) is 18.8 Å². The number of hydrogen-bond acceptors (Lipinski definition) is 4. The summed E-state index contributed by atoms with van der Waals surface area (Å²) in [5, 5.41) is 9.87. The van der Waals surface area contributed by atoms with E-state index < -0.39 is 15.6 Å². The van der Waals surface area contributed by atoms with Crippen LogP contribution in [0.4, 0.5) is 5.69 Å². The molecular weight excluding hydrogens is 324 g/mol. The van der Waals surface area contributed by atoms with Gasteiger partial charge in [-0.1, -0.05) is 30.3 Å². The van der Waals surface area contributed by atoms with E-state index in [9.17, 15) is 13.5 Å². The van der Waals surface area contributed by atoms with Crippen LogP contribution in [0.15, 0.2) is 59.5 Å². The van der Waals surface area contributed by atoms with Gasteiger partial charge in [-0.15, -0.1) is 0 Å². The lowest BCUT2D eigenvalue weighted by Gasteiger charge is -2.25. The molecule has 2 N–H and O–H groups in total. The molecule has 2 aromatic carbocycles. The largest absolute Gasteiger partial charge is 0.389 e. The Bertz CT molecular complexity index is 768. The summed E-state index contributed by atoms with van der Waals surface area (Å²) in [5.74, 6) is 0. The highest BCUT2D eigenvalue weighted by Gasteiger charge is 2.16. The molecule has 0 unspecified atom stereocenters. The van der Waals surface area contributed by atoms with Crippen LogP contribution < -0.4 is 4.72 Å². The fourth-order valence-corrected chi connectivity index (χ4v) is 3.65. The standard InChI is InChI=1S/C18H24N2O3S/c1-18(2,21)14-20(3)13-15-8-7-9-16(12-15)19-24(22,23)17-10-5-4-6-11-17/h4-12,19,21H,13-14H2,1-3H3. The van der Waals surface area contributed by atoms with E-state index in [1.165, 1.54) is 0 Å². The molecule has 0 saturated carbocycles. The molecule has 0 bridgehead atoms. The smallest absolute Gasteiger partial charge is 0.261 e. The van der Waals surface area contributed by atoms with Gasteiger partial charge >= 0.3 is 0 Å². The summed E-state index contributed by atoms with van der Waals surface area (Å²) in [6, 6.07) is 15.6. The van der Waals surface area contributed by atoms with Crippen LogP contribution in [-0.4, -0.2) is 37.6 Å². The zero-order valence-corrected chi connectivity index (χ0v) is 15.0. The molecule has 5 nitrogen and oxygen atoms in total. The number of aliphatic hydroxyl groups is 1. The average molecular weight is 348 g/mol. The van der Waals surface area contributed by atoms with Crippen molar-refractivity contribution in [3.8, 4) is 0 Å². The molecule has 0 fully saturated rings. The highest BCUT2D eigenvalue weighted by atomic mass is 32.2. The van der Waals surface area contributed by atoms with E-state index in [1.54, 1.807) is 56.3 Å². The predicted molar refractivity (Wildman–Crippen MR) is 96.3 cm³/mol. The molecule has 0 aliphatic rings. The van der Waals surface area contributed by atoms with E-state index in [-0.39, 0.29) is 4.90 Å². The van der Waals surface area contributed by atoms with Crippen molar-refractivity contribution in [3.63, 3.8) is 0 Å². The number of rotatable bonds is 7. The van der Waals surface area contributed by atoms with E-state index in [4.69, 9.17) is 0 Å². The second-order valence-electron chi connectivity index (χ2n) is 6.60. The molecule has 130 valence electrons. The minimum Gasteiger partial charge on any atom is -0.389 e. The number of benzene rings is 2. The minimum atomic E-state index is -3.59. The highest BCUT2D eigenvalue weighted by molar-refractivity contribution is 7.92. The fourth-order valence-electron chi connectivity index (χ4n) is 2.58. The van der Waals surface area contributed by atoms with Gasteiger partial charge in [0.1, 0.15) is 0 Å². The summed E-state index contributed by atoms with van der Waals surface area (Å²) in [5.41, 5.74) is 0.712. The number of likely N-dealkylation sites (N-methyl/N-ethyl adjacent to an activating group) is 1. The van der Waals surface area contributed by atoms with Crippen LogP contribution in [0.2, 0.25) is 0 Å². The predicted octanol–water partition coefficient (Wildman–Crippen LogP) is 2.69. The first kappa shape index (κ1) is 18.4. The Morgan fingerprint density at radius 2 is 1.75 bits per heavy atom. The van der Waals surface area contributed by atoms with E-state index in [1.807, 2.05) is 24.1 Å². The van der Waals surface area contributed by atoms with Gasteiger partial charge in [0, 0.05) is 18.8 Å². The van der Waals surface area contributed by atoms with Crippen LogP contribution in [-0.2, 0) is 16.6 Å². The first-order valence-corrected chi connectivity index (χ1v) is 9.22. The maximum atomic E-state index is 12.4. The summed E-state index contributed by atoms with van der Waals surface area (Å²) < 4.78 is 27.3.